The molecule has 3 aromatic rings. The van der Waals surface area contributed by atoms with Gasteiger partial charge in [0.25, 0.3) is 10.0 Å². The number of ether oxygens (including phenoxy) is 1. The van der Waals surface area contributed by atoms with Crippen LogP contribution in [-0.2, 0) is 26.2 Å². The first-order valence-corrected chi connectivity index (χ1v) is 14.0. The number of hydrogen-bond acceptors (Lipinski definition) is 5. The van der Waals surface area contributed by atoms with Gasteiger partial charge in [0.1, 0.15) is 18.3 Å². The van der Waals surface area contributed by atoms with E-state index in [1.165, 1.54) is 42.3 Å². The largest absolute Gasteiger partial charge is 0.497 e. The van der Waals surface area contributed by atoms with Crippen molar-refractivity contribution < 1.29 is 22.7 Å². The smallest absolute Gasteiger partial charge is 0.264 e. The molecule has 0 unspecified atom stereocenters. The quantitative estimate of drug-likeness (QED) is 0.354. The molecule has 0 heterocycles. The van der Waals surface area contributed by atoms with Crippen LogP contribution in [0.15, 0.2) is 77.7 Å². The minimum Gasteiger partial charge on any atom is -0.497 e. The molecule has 0 aliphatic rings. The van der Waals surface area contributed by atoms with Crippen LogP contribution < -0.4 is 14.4 Å². The standard InChI is InChI=1S/C27H29Cl2N3O5S/c1-4-24(27(34)30-2)31(17-19-10-13-21(37-3)14-11-19)26(33)18-32(25-16-20(28)12-15-23(25)29)38(35,36)22-8-6-5-7-9-22/h5-16,24H,4,17-18H2,1-3H3,(H,30,34)/t24-/m1/s1. The van der Waals surface area contributed by atoms with Gasteiger partial charge in [-0.15, -0.1) is 0 Å². The Labute approximate surface area is 233 Å². The minimum atomic E-state index is -4.24. The molecule has 0 aliphatic heterocycles. The summed E-state index contributed by atoms with van der Waals surface area (Å²) in [5.74, 6) is -0.319. The number of sulfonamides is 1. The van der Waals surface area contributed by atoms with Crippen LogP contribution in [0.1, 0.15) is 18.9 Å². The summed E-state index contributed by atoms with van der Waals surface area (Å²) in [4.78, 5) is 28.0. The van der Waals surface area contributed by atoms with Gasteiger partial charge in [0.05, 0.1) is 22.7 Å². The van der Waals surface area contributed by atoms with Gasteiger partial charge in [-0.05, 0) is 54.4 Å². The maximum Gasteiger partial charge on any atom is 0.264 e. The number of carbonyl (C=O) groups excluding carboxylic acids is 2. The van der Waals surface area contributed by atoms with Crippen molar-refractivity contribution in [2.75, 3.05) is 25.0 Å². The fourth-order valence-electron chi connectivity index (χ4n) is 3.92. The predicted molar refractivity (Wildman–Crippen MR) is 149 cm³/mol. The van der Waals surface area contributed by atoms with Crippen LogP contribution in [0.5, 0.6) is 5.75 Å². The normalized spacial score (nSPS) is 11.9. The summed E-state index contributed by atoms with van der Waals surface area (Å²) in [5, 5.41) is 2.94. The zero-order valence-corrected chi connectivity index (χ0v) is 23.6. The van der Waals surface area contributed by atoms with Crippen molar-refractivity contribution >= 4 is 50.7 Å². The molecule has 0 radical (unpaired) electrons. The number of likely N-dealkylation sites (N-methyl/N-ethyl adjacent to an activating group) is 1. The van der Waals surface area contributed by atoms with Crippen molar-refractivity contribution in [3.8, 4) is 5.75 Å². The Kier molecular flexibility index (Phi) is 10.0. The van der Waals surface area contributed by atoms with Crippen LogP contribution in [0.4, 0.5) is 5.69 Å². The highest BCUT2D eigenvalue weighted by atomic mass is 35.5. The Hall–Kier alpha value is -3.27. The van der Waals surface area contributed by atoms with E-state index in [1.807, 2.05) is 0 Å². The third-order valence-corrected chi connectivity index (χ3v) is 8.26. The van der Waals surface area contributed by atoms with Crippen LogP contribution in [0, 0.1) is 0 Å². The maximum absolute atomic E-state index is 13.9. The van der Waals surface area contributed by atoms with Crippen molar-refractivity contribution in [2.24, 2.45) is 0 Å². The number of hydrogen-bond donors (Lipinski definition) is 1. The summed E-state index contributed by atoms with van der Waals surface area (Å²) < 4.78 is 33.7. The van der Waals surface area contributed by atoms with Gasteiger partial charge >= 0.3 is 0 Å². The lowest BCUT2D eigenvalue weighted by Gasteiger charge is -2.33. The highest BCUT2D eigenvalue weighted by Crippen LogP contribution is 2.33. The monoisotopic (exact) mass is 577 g/mol. The lowest BCUT2D eigenvalue weighted by molar-refractivity contribution is -0.140. The van der Waals surface area contributed by atoms with Gasteiger partial charge in [-0.1, -0.05) is 60.5 Å². The summed E-state index contributed by atoms with van der Waals surface area (Å²) in [6.45, 7) is 1.23. The van der Waals surface area contributed by atoms with E-state index in [4.69, 9.17) is 27.9 Å². The van der Waals surface area contributed by atoms with Crippen LogP contribution in [-0.4, -0.2) is 51.9 Å². The number of rotatable bonds is 11. The Balaban J connectivity index is 2.08. The van der Waals surface area contributed by atoms with Crippen molar-refractivity contribution in [3.05, 3.63) is 88.4 Å². The average molecular weight is 579 g/mol. The molecule has 0 aromatic heterocycles. The fraction of sp³-hybridized carbons (Fsp3) is 0.259. The second-order valence-corrected chi connectivity index (χ2v) is 11.0. The Morgan fingerprint density at radius 3 is 2.24 bits per heavy atom. The molecule has 8 nitrogen and oxygen atoms in total. The summed E-state index contributed by atoms with van der Waals surface area (Å²) in [7, 11) is -1.20. The molecule has 2 amide bonds. The van der Waals surface area contributed by atoms with Crippen LogP contribution in [0.3, 0.4) is 0 Å². The van der Waals surface area contributed by atoms with Gasteiger partial charge in [0.2, 0.25) is 11.8 Å². The van der Waals surface area contributed by atoms with Crippen LogP contribution >= 0.6 is 23.2 Å². The lowest BCUT2D eigenvalue weighted by Crippen LogP contribution is -2.51. The molecule has 1 atom stereocenters. The number of methoxy groups -OCH3 is 1. The molecular weight excluding hydrogens is 549 g/mol. The van der Waals surface area contributed by atoms with Gasteiger partial charge in [0.15, 0.2) is 0 Å². The van der Waals surface area contributed by atoms with Gasteiger partial charge < -0.3 is 15.0 Å². The summed E-state index contributed by atoms with van der Waals surface area (Å²) in [5.41, 5.74) is 0.786. The van der Waals surface area contributed by atoms with Gasteiger partial charge in [-0.2, -0.15) is 0 Å². The summed E-state index contributed by atoms with van der Waals surface area (Å²) in [6.07, 6.45) is 0.310. The lowest BCUT2D eigenvalue weighted by atomic mass is 10.1. The van der Waals surface area contributed by atoms with Crippen LogP contribution in [0.25, 0.3) is 0 Å². The molecule has 0 saturated heterocycles. The second-order valence-electron chi connectivity index (χ2n) is 8.33. The third-order valence-electron chi connectivity index (χ3n) is 5.93. The number of nitrogens with one attached hydrogen (secondary N) is 1. The molecule has 202 valence electrons. The number of anilines is 1. The molecule has 0 spiro atoms. The third kappa shape index (κ3) is 6.78. The first-order chi connectivity index (χ1) is 18.1. The minimum absolute atomic E-state index is 0.0242. The Morgan fingerprint density at radius 2 is 1.66 bits per heavy atom. The highest BCUT2D eigenvalue weighted by molar-refractivity contribution is 7.92. The van der Waals surface area contributed by atoms with E-state index >= 15 is 0 Å². The van der Waals surface area contributed by atoms with Gasteiger partial charge in [-0.25, -0.2) is 8.42 Å². The summed E-state index contributed by atoms with van der Waals surface area (Å²) >= 11 is 12.6. The molecule has 0 fully saturated rings. The van der Waals surface area contributed by atoms with Gasteiger partial charge in [0, 0.05) is 18.6 Å². The zero-order chi connectivity index (χ0) is 27.9. The van der Waals surface area contributed by atoms with E-state index in [0.29, 0.717) is 12.2 Å². The molecule has 3 rings (SSSR count). The molecule has 0 bridgehead atoms. The first kappa shape index (κ1) is 29.3. The molecule has 1 N–H and O–H groups in total. The van der Waals surface area contributed by atoms with Crippen molar-refractivity contribution in [2.45, 2.75) is 30.8 Å². The number of amides is 2. The second kappa shape index (κ2) is 13.0. The van der Waals surface area contributed by atoms with Crippen molar-refractivity contribution in [1.29, 1.82) is 0 Å². The van der Waals surface area contributed by atoms with E-state index < -0.39 is 28.5 Å². The van der Waals surface area contributed by atoms with E-state index in [9.17, 15) is 18.0 Å². The zero-order valence-electron chi connectivity index (χ0n) is 21.2. The van der Waals surface area contributed by atoms with Crippen LogP contribution in [0.2, 0.25) is 10.0 Å². The first-order valence-electron chi connectivity index (χ1n) is 11.8. The molecule has 0 saturated carbocycles. The number of halogens is 2. The molecule has 0 aliphatic carbocycles. The number of carbonyl (C=O) groups is 2. The Bertz CT molecular complexity index is 1370. The molecular formula is C27H29Cl2N3O5S. The van der Waals surface area contributed by atoms with E-state index in [1.54, 1.807) is 56.5 Å². The topological polar surface area (TPSA) is 96.0 Å². The predicted octanol–water partition coefficient (Wildman–Crippen LogP) is 4.75. The van der Waals surface area contributed by atoms with Crippen molar-refractivity contribution in [3.63, 3.8) is 0 Å². The number of nitrogens with zero attached hydrogens (tertiary/aromatic N) is 2. The SMILES string of the molecule is CC[C@H](C(=O)NC)N(Cc1ccc(OC)cc1)C(=O)CN(c1cc(Cl)ccc1Cl)S(=O)(=O)c1ccccc1. The average Bonchev–Trinajstić information content (AvgIpc) is 2.93. The molecule has 3 aromatic carbocycles. The van der Waals surface area contributed by atoms with Crippen molar-refractivity contribution in [1.82, 2.24) is 10.2 Å². The highest BCUT2D eigenvalue weighted by Gasteiger charge is 2.34. The molecule has 38 heavy (non-hydrogen) atoms. The van der Waals surface area contributed by atoms with E-state index in [2.05, 4.69) is 5.32 Å². The van der Waals surface area contributed by atoms with E-state index in [0.717, 1.165) is 9.87 Å². The molecule has 11 heteroatoms. The number of benzene rings is 3. The summed E-state index contributed by atoms with van der Waals surface area (Å²) in [6, 6.07) is 18.3. The van der Waals surface area contributed by atoms with Gasteiger partial charge in [-0.3, -0.25) is 13.9 Å². The fourth-order valence-corrected chi connectivity index (χ4v) is 5.81. The Morgan fingerprint density at radius 1 is 1.00 bits per heavy atom. The maximum atomic E-state index is 13.9. The van der Waals surface area contributed by atoms with E-state index in [-0.39, 0.29) is 33.1 Å².